The van der Waals surface area contributed by atoms with Crippen LogP contribution in [0.25, 0.3) is 0 Å². The number of ether oxygens (including phenoxy) is 1. The highest BCUT2D eigenvalue weighted by Crippen LogP contribution is 2.15. The third kappa shape index (κ3) is 5.30. The van der Waals surface area contributed by atoms with Crippen LogP contribution in [0.1, 0.15) is 12.0 Å². The maximum atomic E-state index is 13.5. The summed E-state index contributed by atoms with van der Waals surface area (Å²) in [7, 11) is 0. The van der Waals surface area contributed by atoms with Crippen LogP contribution in [0.3, 0.4) is 0 Å². The summed E-state index contributed by atoms with van der Waals surface area (Å²) in [5.41, 5.74) is 1.20. The zero-order valence-corrected chi connectivity index (χ0v) is 14.9. The van der Waals surface area contributed by atoms with E-state index in [0.29, 0.717) is 18.8 Å². The van der Waals surface area contributed by atoms with Gasteiger partial charge in [-0.15, -0.1) is 0 Å². The first-order chi connectivity index (χ1) is 12.7. The van der Waals surface area contributed by atoms with Crippen molar-refractivity contribution in [2.24, 2.45) is 0 Å². The summed E-state index contributed by atoms with van der Waals surface area (Å²) in [5, 5.41) is 0. The maximum Gasteiger partial charge on any atom is 0.222 e. The molecular weight excluding hydrogens is 331 g/mol. The van der Waals surface area contributed by atoms with Crippen molar-refractivity contribution >= 4 is 5.91 Å². The monoisotopic (exact) mass is 356 g/mol. The molecule has 1 aliphatic rings. The van der Waals surface area contributed by atoms with Gasteiger partial charge in [0.1, 0.15) is 6.61 Å². The Morgan fingerprint density at radius 2 is 1.65 bits per heavy atom. The average molecular weight is 356 g/mol. The van der Waals surface area contributed by atoms with Crippen molar-refractivity contribution in [3.63, 3.8) is 0 Å². The second-order valence-corrected chi connectivity index (χ2v) is 6.49. The number of para-hydroxylation sites is 1. The minimum absolute atomic E-state index is 0.219. The van der Waals surface area contributed by atoms with Gasteiger partial charge in [0.2, 0.25) is 5.91 Å². The Bertz CT molecular complexity index is 700. The molecule has 0 unspecified atom stereocenters. The quantitative estimate of drug-likeness (QED) is 0.765. The van der Waals surface area contributed by atoms with Gasteiger partial charge in [0.25, 0.3) is 0 Å². The standard InChI is InChI=1S/C21H25FN2O2/c22-19-8-4-5-9-20(19)26-17-16-23-12-14-24(15-13-23)21(25)11-10-18-6-2-1-3-7-18/h1-9H,10-17H2. The molecule has 0 radical (unpaired) electrons. The van der Waals surface area contributed by atoms with Gasteiger partial charge in [0, 0.05) is 39.1 Å². The highest BCUT2D eigenvalue weighted by molar-refractivity contribution is 5.76. The lowest BCUT2D eigenvalue weighted by Crippen LogP contribution is -2.49. The molecule has 0 aliphatic carbocycles. The van der Waals surface area contributed by atoms with Gasteiger partial charge in [-0.3, -0.25) is 9.69 Å². The van der Waals surface area contributed by atoms with Gasteiger partial charge >= 0.3 is 0 Å². The molecule has 0 bridgehead atoms. The molecule has 0 atom stereocenters. The predicted molar refractivity (Wildman–Crippen MR) is 99.7 cm³/mol. The summed E-state index contributed by atoms with van der Waals surface area (Å²) in [5.74, 6) is 0.180. The summed E-state index contributed by atoms with van der Waals surface area (Å²) < 4.78 is 19.0. The van der Waals surface area contributed by atoms with E-state index in [4.69, 9.17) is 4.74 Å². The zero-order chi connectivity index (χ0) is 18.2. The van der Waals surface area contributed by atoms with Gasteiger partial charge in [-0.05, 0) is 24.1 Å². The molecule has 2 aromatic carbocycles. The van der Waals surface area contributed by atoms with Crippen LogP contribution in [0, 0.1) is 5.82 Å². The number of hydrogen-bond donors (Lipinski definition) is 0. The number of amides is 1. The fraction of sp³-hybridized carbons (Fsp3) is 0.381. The molecule has 26 heavy (non-hydrogen) atoms. The predicted octanol–water partition coefficient (Wildman–Crippen LogP) is 2.98. The molecule has 138 valence electrons. The molecular formula is C21H25FN2O2. The molecule has 5 heteroatoms. The van der Waals surface area contributed by atoms with Crippen LogP contribution in [0.15, 0.2) is 54.6 Å². The molecule has 1 aliphatic heterocycles. The smallest absolute Gasteiger partial charge is 0.222 e. The van der Waals surface area contributed by atoms with Crippen molar-refractivity contribution < 1.29 is 13.9 Å². The highest BCUT2D eigenvalue weighted by atomic mass is 19.1. The fourth-order valence-corrected chi connectivity index (χ4v) is 3.12. The summed E-state index contributed by atoms with van der Waals surface area (Å²) in [6.45, 7) is 4.33. The van der Waals surface area contributed by atoms with Crippen molar-refractivity contribution in [1.29, 1.82) is 0 Å². The Hall–Kier alpha value is -2.40. The number of halogens is 1. The maximum absolute atomic E-state index is 13.5. The number of benzene rings is 2. The minimum atomic E-state index is -0.332. The van der Waals surface area contributed by atoms with E-state index in [1.807, 2.05) is 23.1 Å². The molecule has 1 amide bonds. The number of nitrogens with zero attached hydrogens (tertiary/aromatic N) is 2. The molecule has 0 spiro atoms. The largest absolute Gasteiger partial charge is 0.489 e. The van der Waals surface area contributed by atoms with Crippen LogP contribution in [0.4, 0.5) is 4.39 Å². The molecule has 0 aromatic heterocycles. The lowest BCUT2D eigenvalue weighted by molar-refractivity contribution is -0.132. The van der Waals surface area contributed by atoms with Crippen molar-refractivity contribution in [1.82, 2.24) is 9.80 Å². The molecule has 0 N–H and O–H groups in total. The van der Waals surface area contributed by atoms with Crippen LogP contribution in [0.5, 0.6) is 5.75 Å². The van der Waals surface area contributed by atoms with E-state index >= 15 is 0 Å². The summed E-state index contributed by atoms with van der Waals surface area (Å²) >= 11 is 0. The lowest BCUT2D eigenvalue weighted by Gasteiger charge is -2.34. The molecule has 2 aromatic rings. The van der Waals surface area contributed by atoms with Gasteiger partial charge in [0.15, 0.2) is 11.6 Å². The third-order valence-electron chi connectivity index (χ3n) is 4.70. The van der Waals surface area contributed by atoms with Gasteiger partial charge in [-0.2, -0.15) is 0 Å². The van der Waals surface area contributed by atoms with Gasteiger partial charge < -0.3 is 9.64 Å². The molecule has 1 heterocycles. The zero-order valence-electron chi connectivity index (χ0n) is 14.9. The van der Waals surface area contributed by atoms with Gasteiger partial charge in [0.05, 0.1) is 0 Å². The Morgan fingerprint density at radius 3 is 2.38 bits per heavy atom. The molecule has 1 saturated heterocycles. The first-order valence-corrected chi connectivity index (χ1v) is 9.14. The number of carbonyl (C=O) groups excluding carboxylic acids is 1. The summed E-state index contributed by atoms with van der Waals surface area (Å²) in [6, 6.07) is 16.5. The first-order valence-electron chi connectivity index (χ1n) is 9.14. The summed E-state index contributed by atoms with van der Waals surface area (Å²) in [4.78, 5) is 16.5. The van der Waals surface area contributed by atoms with E-state index in [2.05, 4.69) is 17.0 Å². The van der Waals surface area contributed by atoms with Crippen LogP contribution in [-0.2, 0) is 11.2 Å². The molecule has 4 nitrogen and oxygen atoms in total. The van der Waals surface area contributed by atoms with E-state index in [1.165, 1.54) is 11.6 Å². The van der Waals surface area contributed by atoms with Crippen molar-refractivity contribution in [2.45, 2.75) is 12.8 Å². The van der Waals surface area contributed by atoms with Crippen LogP contribution >= 0.6 is 0 Å². The SMILES string of the molecule is O=C(CCc1ccccc1)N1CCN(CCOc2ccccc2F)CC1. The number of aryl methyl sites for hydroxylation is 1. The third-order valence-corrected chi connectivity index (χ3v) is 4.70. The number of carbonyl (C=O) groups is 1. The first kappa shape index (κ1) is 18.4. The van der Waals surface area contributed by atoms with E-state index in [-0.39, 0.29) is 11.7 Å². The summed E-state index contributed by atoms with van der Waals surface area (Å²) in [6.07, 6.45) is 1.34. The second kappa shape index (κ2) is 9.34. The molecule has 0 saturated carbocycles. The van der Waals surface area contributed by atoms with Gasteiger partial charge in [-0.1, -0.05) is 42.5 Å². The van der Waals surface area contributed by atoms with Crippen LogP contribution in [-0.4, -0.2) is 55.0 Å². The number of piperazine rings is 1. The van der Waals surface area contributed by atoms with Crippen molar-refractivity contribution in [3.05, 3.63) is 66.0 Å². The van der Waals surface area contributed by atoms with Gasteiger partial charge in [-0.25, -0.2) is 4.39 Å². The highest BCUT2D eigenvalue weighted by Gasteiger charge is 2.20. The van der Waals surface area contributed by atoms with E-state index in [0.717, 1.165) is 39.1 Å². The fourth-order valence-electron chi connectivity index (χ4n) is 3.12. The Balaban J connectivity index is 1.34. The second-order valence-electron chi connectivity index (χ2n) is 6.49. The lowest BCUT2D eigenvalue weighted by atomic mass is 10.1. The van der Waals surface area contributed by atoms with Crippen molar-refractivity contribution in [2.75, 3.05) is 39.3 Å². The number of rotatable bonds is 7. The molecule has 1 fully saturated rings. The normalized spacial score (nSPS) is 15.0. The molecule has 3 rings (SSSR count). The number of hydrogen-bond acceptors (Lipinski definition) is 3. The Kier molecular flexibility index (Phi) is 6.61. The topological polar surface area (TPSA) is 32.8 Å². The Morgan fingerprint density at radius 1 is 0.962 bits per heavy atom. The van der Waals surface area contributed by atoms with E-state index in [9.17, 15) is 9.18 Å². The van der Waals surface area contributed by atoms with Crippen LogP contribution in [0.2, 0.25) is 0 Å². The average Bonchev–Trinajstić information content (AvgIpc) is 2.69. The van der Waals surface area contributed by atoms with Crippen molar-refractivity contribution in [3.8, 4) is 5.75 Å². The minimum Gasteiger partial charge on any atom is -0.489 e. The Labute approximate surface area is 154 Å². The van der Waals surface area contributed by atoms with Crippen LogP contribution < -0.4 is 4.74 Å². The van der Waals surface area contributed by atoms with E-state index in [1.54, 1.807) is 18.2 Å². The van der Waals surface area contributed by atoms with E-state index < -0.39 is 0 Å².